The number of fused-ring (bicyclic) bond motifs is 4. The fourth-order valence-electron chi connectivity index (χ4n) is 5.78. The van der Waals surface area contributed by atoms with Crippen LogP contribution in [0.25, 0.3) is 11.2 Å². The highest BCUT2D eigenvalue weighted by atomic mass is 127. The normalized spacial score (nSPS) is 29.7. The standard InChI is InChI=1S/C24H24Cl2IN5O4/c1-4-34-21(33)24-8-13(24)16(17-18(24)36-23(2,3)35-17)32-10-29-15-19(30-22(26)31-20(15)32)28-9-11-7-12(27)5-6-14(11)25/h5-7,10,13,16-18H,4,8-9H2,1-3H3,(H,28,30,31)/t13-,16-,17+,18+,24+/m1/s1. The lowest BCUT2D eigenvalue weighted by Crippen LogP contribution is -2.36. The SMILES string of the molecule is CCOC(=O)[C@@]12C[C@@H]1[C@@H](n1cnc3c(NCc4cc(I)ccc4Cl)nc(Cl)nc31)[C@@H]1OC(C)(C)O[C@@H]12. The third-order valence-electron chi connectivity index (χ3n) is 7.27. The highest BCUT2D eigenvalue weighted by molar-refractivity contribution is 14.1. The van der Waals surface area contributed by atoms with E-state index in [1.54, 1.807) is 6.33 Å². The van der Waals surface area contributed by atoms with Crippen LogP contribution in [0.1, 0.15) is 38.8 Å². The number of nitrogens with one attached hydrogen (secondary N) is 1. The molecule has 9 nitrogen and oxygen atoms in total. The molecule has 0 unspecified atom stereocenters. The van der Waals surface area contributed by atoms with E-state index in [0.717, 1.165) is 9.13 Å². The number of anilines is 1. The minimum absolute atomic E-state index is 0.0181. The van der Waals surface area contributed by atoms with E-state index in [1.165, 1.54) is 0 Å². The van der Waals surface area contributed by atoms with Gasteiger partial charge in [-0.2, -0.15) is 9.97 Å². The van der Waals surface area contributed by atoms with Crippen LogP contribution in [-0.2, 0) is 25.5 Å². The van der Waals surface area contributed by atoms with Gasteiger partial charge in [0.05, 0.1) is 19.0 Å². The van der Waals surface area contributed by atoms with Crippen molar-refractivity contribution in [3.63, 3.8) is 0 Å². The zero-order valence-electron chi connectivity index (χ0n) is 19.8. The van der Waals surface area contributed by atoms with Crippen LogP contribution in [0.2, 0.25) is 10.3 Å². The monoisotopic (exact) mass is 643 g/mol. The lowest BCUT2D eigenvalue weighted by molar-refractivity contribution is -0.172. The molecule has 5 atom stereocenters. The van der Waals surface area contributed by atoms with Crippen LogP contribution in [0, 0.1) is 14.9 Å². The van der Waals surface area contributed by atoms with Crippen molar-refractivity contribution in [2.45, 2.75) is 57.8 Å². The van der Waals surface area contributed by atoms with Crippen LogP contribution in [-0.4, -0.2) is 50.1 Å². The quantitative estimate of drug-likeness (QED) is 0.228. The van der Waals surface area contributed by atoms with Gasteiger partial charge in [-0.25, -0.2) is 4.98 Å². The molecule has 0 radical (unpaired) electrons. The topological polar surface area (TPSA) is 100 Å². The first kappa shape index (κ1) is 24.6. The first-order valence-corrected chi connectivity index (χ1v) is 13.6. The molecule has 2 saturated carbocycles. The van der Waals surface area contributed by atoms with Gasteiger partial charge < -0.3 is 24.1 Å². The van der Waals surface area contributed by atoms with Gasteiger partial charge >= 0.3 is 5.97 Å². The van der Waals surface area contributed by atoms with Crippen LogP contribution in [0.4, 0.5) is 5.82 Å². The maximum absolute atomic E-state index is 13.1. The molecule has 1 N–H and O–H groups in total. The van der Waals surface area contributed by atoms with Crippen molar-refractivity contribution >= 4 is 68.7 Å². The average Bonchev–Trinajstić information content (AvgIpc) is 3.14. The number of imidazole rings is 1. The van der Waals surface area contributed by atoms with E-state index in [2.05, 4.69) is 42.9 Å². The Labute approximate surface area is 231 Å². The Balaban J connectivity index is 1.37. The Bertz CT molecular complexity index is 1380. The summed E-state index contributed by atoms with van der Waals surface area (Å²) in [4.78, 5) is 26.6. The van der Waals surface area contributed by atoms with E-state index >= 15 is 0 Å². The summed E-state index contributed by atoms with van der Waals surface area (Å²) in [5.74, 6) is -0.564. The van der Waals surface area contributed by atoms with Crippen LogP contribution in [0.15, 0.2) is 24.5 Å². The number of aromatic nitrogens is 4. The summed E-state index contributed by atoms with van der Waals surface area (Å²) in [5.41, 5.74) is 1.34. The fourth-order valence-corrected chi connectivity index (χ4v) is 6.69. The van der Waals surface area contributed by atoms with Gasteiger partial charge in [-0.3, -0.25) is 4.79 Å². The Hall–Kier alpha value is -1.73. The van der Waals surface area contributed by atoms with Crippen molar-refractivity contribution in [1.29, 1.82) is 0 Å². The molecule has 1 aromatic carbocycles. The van der Waals surface area contributed by atoms with E-state index in [-0.39, 0.29) is 29.3 Å². The minimum Gasteiger partial charge on any atom is -0.465 e. The van der Waals surface area contributed by atoms with Crippen LogP contribution in [0.5, 0.6) is 0 Å². The number of rotatable bonds is 6. The second-order valence-electron chi connectivity index (χ2n) is 9.84. The molecule has 190 valence electrons. The van der Waals surface area contributed by atoms with Crippen LogP contribution < -0.4 is 5.32 Å². The second-order valence-corrected chi connectivity index (χ2v) is 11.8. The maximum atomic E-state index is 13.1. The van der Waals surface area contributed by atoms with Crippen LogP contribution in [0.3, 0.4) is 0 Å². The van der Waals surface area contributed by atoms with Gasteiger partial charge in [-0.1, -0.05) is 11.6 Å². The molecule has 36 heavy (non-hydrogen) atoms. The maximum Gasteiger partial charge on any atom is 0.315 e. The summed E-state index contributed by atoms with van der Waals surface area (Å²) in [6.07, 6.45) is 1.62. The number of hydrogen-bond donors (Lipinski definition) is 1. The molecule has 0 bridgehead atoms. The number of benzene rings is 1. The van der Waals surface area contributed by atoms with Crippen molar-refractivity contribution in [3.05, 3.63) is 44.0 Å². The number of esters is 1. The number of carbonyl (C=O) groups is 1. The molecule has 12 heteroatoms. The third kappa shape index (κ3) is 3.79. The largest absolute Gasteiger partial charge is 0.465 e. The van der Waals surface area contributed by atoms with Crippen molar-refractivity contribution in [3.8, 4) is 0 Å². The molecule has 0 amide bonds. The molecule has 0 spiro atoms. The molecular weight excluding hydrogens is 620 g/mol. The highest BCUT2D eigenvalue weighted by Crippen LogP contribution is 2.72. The summed E-state index contributed by atoms with van der Waals surface area (Å²) >= 11 is 15.0. The van der Waals surface area contributed by atoms with Gasteiger partial charge in [0.1, 0.15) is 17.6 Å². The molecule has 3 aromatic rings. The third-order valence-corrected chi connectivity index (χ3v) is 8.48. The predicted molar refractivity (Wildman–Crippen MR) is 142 cm³/mol. The van der Waals surface area contributed by atoms with Crippen molar-refractivity contribution < 1.29 is 19.0 Å². The van der Waals surface area contributed by atoms with E-state index < -0.39 is 17.3 Å². The Morgan fingerprint density at radius 3 is 2.89 bits per heavy atom. The van der Waals surface area contributed by atoms with Crippen LogP contribution >= 0.6 is 45.8 Å². The Morgan fingerprint density at radius 1 is 1.31 bits per heavy atom. The van der Waals surface area contributed by atoms with Gasteiger partial charge in [0, 0.05) is 21.1 Å². The van der Waals surface area contributed by atoms with E-state index in [0.29, 0.717) is 41.6 Å². The first-order chi connectivity index (χ1) is 17.1. The van der Waals surface area contributed by atoms with Gasteiger partial charge in [-0.05, 0) is 85.1 Å². The van der Waals surface area contributed by atoms with E-state index in [4.69, 9.17) is 37.4 Å². The molecule has 1 aliphatic heterocycles. The number of carbonyl (C=O) groups excluding carboxylic acids is 1. The lowest BCUT2D eigenvalue weighted by Gasteiger charge is -2.24. The summed E-state index contributed by atoms with van der Waals surface area (Å²) in [5, 5.41) is 4.06. The molecule has 1 saturated heterocycles. The van der Waals surface area contributed by atoms with Crippen molar-refractivity contribution in [1.82, 2.24) is 19.5 Å². The van der Waals surface area contributed by atoms with Gasteiger partial charge in [0.2, 0.25) is 5.28 Å². The summed E-state index contributed by atoms with van der Waals surface area (Å²) < 4.78 is 21.1. The average molecular weight is 644 g/mol. The number of nitrogens with zero attached hydrogens (tertiary/aromatic N) is 4. The molecule has 3 aliphatic rings. The zero-order chi connectivity index (χ0) is 25.4. The summed E-state index contributed by atoms with van der Waals surface area (Å²) in [7, 11) is 0. The Morgan fingerprint density at radius 2 is 2.11 bits per heavy atom. The minimum atomic E-state index is -0.817. The molecule has 3 fully saturated rings. The number of halogens is 3. The molecule has 6 rings (SSSR count). The predicted octanol–water partition coefficient (Wildman–Crippen LogP) is 4.99. The molecule has 3 heterocycles. The number of hydrogen-bond acceptors (Lipinski definition) is 8. The van der Waals surface area contributed by atoms with E-state index in [9.17, 15) is 4.79 Å². The van der Waals surface area contributed by atoms with E-state index in [1.807, 2.05) is 43.5 Å². The second kappa shape index (κ2) is 8.65. The smallest absolute Gasteiger partial charge is 0.315 e. The van der Waals surface area contributed by atoms with Gasteiger partial charge in [-0.15, -0.1) is 0 Å². The highest BCUT2D eigenvalue weighted by Gasteiger charge is 2.80. The van der Waals surface area contributed by atoms with Gasteiger partial charge in [0.25, 0.3) is 0 Å². The first-order valence-electron chi connectivity index (χ1n) is 11.8. The van der Waals surface area contributed by atoms with Crippen molar-refractivity contribution in [2.75, 3.05) is 11.9 Å². The zero-order valence-corrected chi connectivity index (χ0v) is 23.5. The number of ether oxygens (including phenoxy) is 3. The molecule has 2 aromatic heterocycles. The van der Waals surface area contributed by atoms with Gasteiger partial charge in [0.15, 0.2) is 22.8 Å². The lowest BCUT2D eigenvalue weighted by atomic mass is 9.99. The fraction of sp³-hybridized carbons (Fsp3) is 0.500. The molecule has 2 aliphatic carbocycles. The summed E-state index contributed by atoms with van der Waals surface area (Å²) in [6, 6.07) is 5.61. The molecular formula is C24H24Cl2IN5O4. The summed E-state index contributed by atoms with van der Waals surface area (Å²) in [6.45, 7) is 6.30. The Kier molecular flexibility index (Phi) is 5.91. The van der Waals surface area contributed by atoms with Crippen molar-refractivity contribution in [2.24, 2.45) is 11.3 Å².